The SMILES string of the molecule is Cc1c(C#N)cnc(N2CCCC(C)(C)CC2)c1C(N)=O. The number of hydrogen-bond acceptors (Lipinski definition) is 4. The molecule has 0 aromatic carbocycles. The zero-order valence-electron chi connectivity index (χ0n) is 12.9. The summed E-state index contributed by atoms with van der Waals surface area (Å²) >= 11 is 0. The Labute approximate surface area is 125 Å². The number of pyridine rings is 1. The summed E-state index contributed by atoms with van der Waals surface area (Å²) in [6.45, 7) is 8.01. The average Bonchev–Trinajstić information content (AvgIpc) is 2.59. The Hall–Kier alpha value is -2.09. The van der Waals surface area contributed by atoms with Gasteiger partial charge in [-0.2, -0.15) is 5.26 Å². The molecule has 0 spiro atoms. The van der Waals surface area contributed by atoms with Gasteiger partial charge < -0.3 is 10.6 Å². The summed E-state index contributed by atoms with van der Waals surface area (Å²) < 4.78 is 0. The van der Waals surface area contributed by atoms with Gasteiger partial charge in [-0.15, -0.1) is 0 Å². The van der Waals surface area contributed by atoms with Crippen LogP contribution < -0.4 is 10.6 Å². The van der Waals surface area contributed by atoms with Crippen LogP contribution in [-0.2, 0) is 0 Å². The van der Waals surface area contributed by atoms with Crippen LogP contribution in [0.4, 0.5) is 5.82 Å². The lowest BCUT2D eigenvalue weighted by atomic mass is 9.85. The number of primary amides is 1. The summed E-state index contributed by atoms with van der Waals surface area (Å²) in [7, 11) is 0. The monoisotopic (exact) mass is 286 g/mol. The van der Waals surface area contributed by atoms with Crippen LogP contribution in [0, 0.1) is 23.7 Å². The first kappa shape index (κ1) is 15.3. The van der Waals surface area contributed by atoms with Gasteiger partial charge in [0.2, 0.25) is 0 Å². The highest BCUT2D eigenvalue weighted by atomic mass is 16.1. The van der Waals surface area contributed by atoms with Crippen molar-refractivity contribution >= 4 is 11.7 Å². The Morgan fingerprint density at radius 1 is 1.43 bits per heavy atom. The maximum absolute atomic E-state index is 11.8. The zero-order valence-corrected chi connectivity index (χ0v) is 12.9. The fourth-order valence-electron chi connectivity index (χ4n) is 2.87. The second-order valence-corrected chi connectivity index (χ2v) is 6.48. The molecule has 0 saturated carbocycles. The molecule has 1 saturated heterocycles. The van der Waals surface area contributed by atoms with Crippen LogP contribution in [0.1, 0.15) is 54.6 Å². The molecule has 1 aromatic rings. The molecule has 21 heavy (non-hydrogen) atoms. The Balaban J connectivity index is 2.42. The Morgan fingerprint density at radius 3 is 2.76 bits per heavy atom. The number of nitriles is 1. The maximum Gasteiger partial charge on any atom is 0.252 e. The zero-order chi connectivity index (χ0) is 15.6. The summed E-state index contributed by atoms with van der Waals surface area (Å²) in [5.41, 5.74) is 7.24. The number of aromatic nitrogens is 1. The van der Waals surface area contributed by atoms with Crippen molar-refractivity contribution in [3.05, 3.63) is 22.9 Å². The Morgan fingerprint density at radius 2 is 2.14 bits per heavy atom. The van der Waals surface area contributed by atoms with Crippen LogP contribution in [-0.4, -0.2) is 24.0 Å². The van der Waals surface area contributed by atoms with Crippen LogP contribution in [0.25, 0.3) is 0 Å². The van der Waals surface area contributed by atoms with E-state index in [0.717, 1.165) is 32.4 Å². The molecule has 2 N–H and O–H groups in total. The first-order valence-electron chi connectivity index (χ1n) is 7.30. The molecular formula is C16H22N4O. The smallest absolute Gasteiger partial charge is 0.252 e. The van der Waals surface area contributed by atoms with Crippen molar-refractivity contribution in [3.63, 3.8) is 0 Å². The van der Waals surface area contributed by atoms with Gasteiger partial charge in [-0.3, -0.25) is 4.79 Å². The third kappa shape index (κ3) is 3.15. The van der Waals surface area contributed by atoms with Gasteiger partial charge in [-0.25, -0.2) is 4.98 Å². The standard InChI is InChI=1S/C16H22N4O/c1-11-12(9-17)10-19-15(13(11)14(18)21)20-7-4-5-16(2,3)6-8-20/h10H,4-8H2,1-3H3,(H2,18,21). The van der Waals surface area contributed by atoms with Crippen LogP contribution >= 0.6 is 0 Å². The minimum atomic E-state index is -0.518. The highest BCUT2D eigenvalue weighted by Gasteiger charge is 2.26. The normalized spacial score (nSPS) is 17.9. The third-order valence-electron chi connectivity index (χ3n) is 4.33. The second kappa shape index (κ2) is 5.72. The topological polar surface area (TPSA) is 83.0 Å². The van der Waals surface area contributed by atoms with Crippen molar-refractivity contribution < 1.29 is 4.79 Å². The van der Waals surface area contributed by atoms with Gasteiger partial charge in [0.25, 0.3) is 5.91 Å². The van der Waals surface area contributed by atoms with Gasteiger partial charge >= 0.3 is 0 Å². The lowest BCUT2D eigenvalue weighted by molar-refractivity contribution is 0.1000. The molecule has 5 nitrogen and oxygen atoms in total. The van der Waals surface area contributed by atoms with Gasteiger partial charge in [-0.1, -0.05) is 13.8 Å². The number of anilines is 1. The number of carbonyl (C=O) groups excluding carboxylic acids is 1. The number of hydrogen-bond donors (Lipinski definition) is 1. The molecule has 112 valence electrons. The molecule has 2 heterocycles. The van der Waals surface area contributed by atoms with Gasteiger partial charge in [-0.05, 0) is 37.2 Å². The fourth-order valence-corrected chi connectivity index (χ4v) is 2.87. The lowest BCUT2D eigenvalue weighted by Gasteiger charge is -2.26. The molecule has 1 aromatic heterocycles. The molecule has 0 unspecified atom stereocenters. The van der Waals surface area contributed by atoms with Gasteiger partial charge in [0.15, 0.2) is 0 Å². The largest absolute Gasteiger partial charge is 0.365 e. The second-order valence-electron chi connectivity index (χ2n) is 6.48. The molecular weight excluding hydrogens is 264 g/mol. The van der Waals surface area contributed by atoms with E-state index in [2.05, 4.69) is 29.8 Å². The first-order chi connectivity index (χ1) is 9.85. The van der Waals surface area contributed by atoms with Crippen LogP contribution in [0.2, 0.25) is 0 Å². The number of rotatable bonds is 2. The fraction of sp³-hybridized carbons (Fsp3) is 0.562. The predicted octanol–water partition coefficient (Wildman–Crippen LogP) is 2.38. The van der Waals surface area contributed by atoms with Crippen molar-refractivity contribution in [3.8, 4) is 6.07 Å². The van der Waals surface area contributed by atoms with Crippen LogP contribution in [0.5, 0.6) is 0 Å². The van der Waals surface area contributed by atoms with Crippen molar-refractivity contribution in [1.82, 2.24) is 4.98 Å². The summed E-state index contributed by atoms with van der Waals surface area (Å²) in [6.07, 6.45) is 4.80. The molecule has 0 atom stereocenters. The molecule has 5 heteroatoms. The molecule has 1 amide bonds. The van der Waals surface area contributed by atoms with Crippen molar-refractivity contribution in [2.24, 2.45) is 11.1 Å². The van der Waals surface area contributed by atoms with Crippen molar-refractivity contribution in [1.29, 1.82) is 5.26 Å². The first-order valence-corrected chi connectivity index (χ1v) is 7.30. The highest BCUT2D eigenvalue weighted by Crippen LogP contribution is 2.32. The number of nitrogens with zero attached hydrogens (tertiary/aromatic N) is 3. The number of carbonyl (C=O) groups is 1. The van der Waals surface area contributed by atoms with E-state index < -0.39 is 5.91 Å². The van der Waals surface area contributed by atoms with E-state index in [1.807, 2.05) is 0 Å². The summed E-state index contributed by atoms with van der Waals surface area (Å²) in [5.74, 6) is 0.104. The summed E-state index contributed by atoms with van der Waals surface area (Å²) in [5, 5.41) is 9.08. The summed E-state index contributed by atoms with van der Waals surface area (Å²) in [6, 6.07) is 2.06. The molecule has 0 aliphatic carbocycles. The highest BCUT2D eigenvalue weighted by molar-refractivity contribution is 5.99. The molecule has 1 fully saturated rings. The minimum Gasteiger partial charge on any atom is -0.365 e. The molecule has 0 radical (unpaired) electrons. The van der Waals surface area contributed by atoms with E-state index in [0.29, 0.717) is 27.9 Å². The number of amides is 1. The third-order valence-corrected chi connectivity index (χ3v) is 4.33. The quantitative estimate of drug-likeness (QED) is 0.904. The minimum absolute atomic E-state index is 0.309. The predicted molar refractivity (Wildman–Crippen MR) is 82.1 cm³/mol. The summed E-state index contributed by atoms with van der Waals surface area (Å²) in [4.78, 5) is 18.3. The van der Waals surface area contributed by atoms with Gasteiger partial charge in [0, 0.05) is 19.3 Å². The van der Waals surface area contributed by atoms with Crippen molar-refractivity contribution in [2.75, 3.05) is 18.0 Å². The van der Waals surface area contributed by atoms with E-state index in [-0.39, 0.29) is 0 Å². The van der Waals surface area contributed by atoms with Crippen LogP contribution in [0.15, 0.2) is 6.20 Å². The average molecular weight is 286 g/mol. The van der Waals surface area contributed by atoms with Crippen LogP contribution in [0.3, 0.4) is 0 Å². The van der Waals surface area contributed by atoms with Gasteiger partial charge in [0.1, 0.15) is 11.9 Å². The maximum atomic E-state index is 11.8. The Bertz CT molecular complexity index is 601. The lowest BCUT2D eigenvalue weighted by Crippen LogP contribution is -2.30. The Kier molecular flexibility index (Phi) is 4.17. The van der Waals surface area contributed by atoms with E-state index in [9.17, 15) is 4.79 Å². The molecule has 2 rings (SSSR count). The molecule has 1 aliphatic heterocycles. The van der Waals surface area contributed by atoms with Crippen molar-refractivity contribution in [2.45, 2.75) is 40.0 Å². The molecule has 0 bridgehead atoms. The van der Waals surface area contributed by atoms with E-state index in [1.165, 1.54) is 6.20 Å². The van der Waals surface area contributed by atoms with E-state index in [4.69, 9.17) is 11.0 Å². The van der Waals surface area contributed by atoms with E-state index in [1.54, 1.807) is 6.92 Å². The van der Waals surface area contributed by atoms with Gasteiger partial charge in [0.05, 0.1) is 11.1 Å². The van der Waals surface area contributed by atoms with E-state index >= 15 is 0 Å². The number of nitrogens with two attached hydrogens (primary N) is 1. The molecule has 1 aliphatic rings.